The summed E-state index contributed by atoms with van der Waals surface area (Å²) in [7, 11) is 0. The number of anilines is 1. The summed E-state index contributed by atoms with van der Waals surface area (Å²) < 4.78 is 5.84. The van der Waals surface area contributed by atoms with Crippen molar-refractivity contribution in [3.8, 4) is 5.88 Å². The maximum absolute atomic E-state index is 12.5. The number of nitrogens with two attached hydrogens (primary N) is 1. The number of hydrogen-bond acceptors (Lipinski definition) is 8. The second kappa shape index (κ2) is 14.4. The van der Waals surface area contributed by atoms with E-state index in [2.05, 4.69) is 35.2 Å². The van der Waals surface area contributed by atoms with E-state index in [1.165, 1.54) is 11.8 Å². The number of aryl methyl sites for hydroxylation is 1. The van der Waals surface area contributed by atoms with Crippen LogP contribution in [0.1, 0.15) is 38.8 Å². The number of carboxylic acids is 1. The Morgan fingerprint density at radius 3 is 2.73 bits per heavy atom. The number of ether oxygens (including phenoxy) is 1. The van der Waals surface area contributed by atoms with E-state index in [1.807, 2.05) is 18.4 Å². The molecule has 1 aromatic rings. The summed E-state index contributed by atoms with van der Waals surface area (Å²) in [5.41, 5.74) is 7.41. The normalized spacial score (nSPS) is 13.9. The molecule has 0 bridgehead atoms. The third-order valence-corrected chi connectivity index (χ3v) is 5.49. The molecule has 5 N–H and O–H groups in total. The molecule has 10 heteroatoms. The summed E-state index contributed by atoms with van der Waals surface area (Å²) in [5.74, 6) is -0.105. The molecule has 0 saturated carbocycles. The highest BCUT2D eigenvalue weighted by Gasteiger charge is 2.24. The summed E-state index contributed by atoms with van der Waals surface area (Å²) in [6, 6.07) is 2.69. The number of nitrogens with one attached hydrogen (secondary N) is 2. The number of carbonyl (C=O) groups excluding carboxylic acids is 1. The van der Waals surface area contributed by atoms with Crippen LogP contribution in [0.3, 0.4) is 0 Å². The number of rotatable bonds is 15. The zero-order valence-corrected chi connectivity index (χ0v) is 19.6. The van der Waals surface area contributed by atoms with Crippen molar-refractivity contribution in [1.29, 1.82) is 0 Å². The van der Waals surface area contributed by atoms with Crippen molar-refractivity contribution in [2.75, 3.05) is 29.6 Å². The van der Waals surface area contributed by atoms with Gasteiger partial charge in [-0.15, -0.1) is 0 Å². The number of carbonyl (C=O) groups is 2. The molecular formula is C20H34N4O4S2. The smallest absolute Gasteiger partial charge is 0.326 e. The van der Waals surface area contributed by atoms with Crippen molar-refractivity contribution in [3.63, 3.8) is 0 Å². The highest BCUT2D eigenvalue weighted by Crippen LogP contribution is 2.24. The number of carboxylic acid groups (broad SMARTS) is 1. The first-order chi connectivity index (χ1) is 14.3. The van der Waals surface area contributed by atoms with Crippen LogP contribution in [0, 0.1) is 0 Å². The van der Waals surface area contributed by atoms with Gasteiger partial charge in [0.1, 0.15) is 6.04 Å². The van der Waals surface area contributed by atoms with E-state index in [1.54, 1.807) is 6.92 Å². The van der Waals surface area contributed by atoms with Crippen LogP contribution in [0.4, 0.5) is 5.69 Å². The molecule has 0 aliphatic carbocycles. The maximum Gasteiger partial charge on any atom is 0.326 e. The molecule has 0 aliphatic rings. The van der Waals surface area contributed by atoms with Crippen molar-refractivity contribution in [1.82, 2.24) is 10.3 Å². The Bertz CT molecular complexity index is 678. The minimum atomic E-state index is -1.06. The molecule has 1 heterocycles. The van der Waals surface area contributed by atoms with Crippen LogP contribution in [0.15, 0.2) is 12.1 Å². The van der Waals surface area contributed by atoms with Crippen molar-refractivity contribution in [3.05, 3.63) is 17.8 Å². The third-order valence-electron chi connectivity index (χ3n) is 4.38. The van der Waals surface area contributed by atoms with Gasteiger partial charge < -0.3 is 26.2 Å². The first-order valence-electron chi connectivity index (χ1n) is 10.1. The average Bonchev–Trinajstić information content (AvgIpc) is 2.73. The fourth-order valence-electron chi connectivity index (χ4n) is 2.51. The van der Waals surface area contributed by atoms with Crippen molar-refractivity contribution >= 4 is 42.0 Å². The highest BCUT2D eigenvalue weighted by molar-refractivity contribution is 7.98. The number of pyridine rings is 1. The second-order valence-corrected chi connectivity index (χ2v) is 8.37. The van der Waals surface area contributed by atoms with Gasteiger partial charge in [0, 0.05) is 24.0 Å². The van der Waals surface area contributed by atoms with Crippen LogP contribution < -0.4 is 21.1 Å². The van der Waals surface area contributed by atoms with Gasteiger partial charge in [-0.25, -0.2) is 9.78 Å². The van der Waals surface area contributed by atoms with E-state index in [4.69, 9.17) is 10.5 Å². The number of unbranched alkanes of at least 4 members (excludes halogenated alkanes) is 1. The number of thioether (sulfide) groups is 1. The van der Waals surface area contributed by atoms with Crippen LogP contribution in [0.2, 0.25) is 0 Å². The lowest BCUT2D eigenvalue weighted by Gasteiger charge is -2.20. The molecule has 30 heavy (non-hydrogen) atoms. The molecule has 3 atom stereocenters. The molecule has 8 nitrogen and oxygen atoms in total. The number of thiol groups is 1. The predicted octanol–water partition coefficient (Wildman–Crippen LogP) is 2.18. The topological polar surface area (TPSA) is 127 Å². The fraction of sp³-hybridized carbons (Fsp3) is 0.650. The van der Waals surface area contributed by atoms with Crippen LogP contribution in [-0.2, 0) is 16.0 Å². The molecule has 0 aliphatic heterocycles. The monoisotopic (exact) mass is 458 g/mol. The van der Waals surface area contributed by atoms with Gasteiger partial charge in [0.05, 0.1) is 5.69 Å². The molecular weight excluding hydrogens is 424 g/mol. The second-order valence-electron chi connectivity index (χ2n) is 7.02. The first-order valence-corrected chi connectivity index (χ1v) is 12.1. The van der Waals surface area contributed by atoms with E-state index in [0.717, 1.165) is 25.0 Å². The van der Waals surface area contributed by atoms with E-state index in [-0.39, 0.29) is 6.04 Å². The van der Waals surface area contributed by atoms with E-state index in [0.29, 0.717) is 36.0 Å². The molecule has 170 valence electrons. The van der Waals surface area contributed by atoms with Gasteiger partial charge in [0.2, 0.25) is 5.88 Å². The van der Waals surface area contributed by atoms with Crippen molar-refractivity contribution in [2.24, 2.45) is 5.73 Å². The lowest BCUT2D eigenvalue weighted by atomic mass is 10.2. The standard InChI is InChI=1S/C20H34N4O4S2/c1-4-5-6-15-7-8-16(22-11-14(21)12-29)19(23-15)28-13(2)18(25)24-17(20(26)27)9-10-30-3/h7-8,13-14,17,22,29H,4-6,9-12,21H2,1-3H3,(H,24,25)(H,26,27)/t13-,14?,17-/m0/s1. The first kappa shape index (κ1) is 26.4. The fourth-order valence-corrected chi connectivity index (χ4v) is 3.11. The number of aliphatic carboxylic acids is 1. The minimum Gasteiger partial charge on any atom is -0.480 e. The van der Waals surface area contributed by atoms with Crippen LogP contribution >= 0.6 is 24.4 Å². The number of hydrogen-bond donors (Lipinski definition) is 5. The summed E-state index contributed by atoms with van der Waals surface area (Å²) in [5, 5.41) is 15.1. The molecule has 0 saturated heterocycles. The van der Waals surface area contributed by atoms with Crippen molar-refractivity contribution in [2.45, 2.75) is 57.7 Å². The van der Waals surface area contributed by atoms with Gasteiger partial charge in [-0.1, -0.05) is 13.3 Å². The van der Waals surface area contributed by atoms with E-state index in [9.17, 15) is 14.7 Å². The summed E-state index contributed by atoms with van der Waals surface area (Å²) in [6.07, 6.45) is 4.16. The van der Waals surface area contributed by atoms with E-state index < -0.39 is 24.0 Å². The molecule has 0 fully saturated rings. The molecule has 0 radical (unpaired) electrons. The Kier molecular flexibility index (Phi) is 12.6. The van der Waals surface area contributed by atoms with Crippen LogP contribution in [-0.4, -0.2) is 64.5 Å². The quantitative estimate of drug-likeness (QED) is 0.253. The molecule has 0 aromatic carbocycles. The lowest BCUT2D eigenvalue weighted by molar-refractivity contribution is -0.143. The Hall–Kier alpha value is -1.65. The van der Waals surface area contributed by atoms with Crippen LogP contribution in [0.25, 0.3) is 0 Å². The average molecular weight is 459 g/mol. The van der Waals surface area contributed by atoms with Gasteiger partial charge in [0.15, 0.2) is 6.10 Å². The highest BCUT2D eigenvalue weighted by atomic mass is 32.2. The Morgan fingerprint density at radius 2 is 2.13 bits per heavy atom. The molecule has 1 rings (SSSR count). The van der Waals surface area contributed by atoms with Gasteiger partial charge in [-0.05, 0) is 50.3 Å². The molecule has 0 spiro atoms. The van der Waals surface area contributed by atoms with Gasteiger partial charge in [-0.2, -0.15) is 24.4 Å². The minimum absolute atomic E-state index is 0.144. The zero-order chi connectivity index (χ0) is 22.5. The van der Waals surface area contributed by atoms with Crippen molar-refractivity contribution < 1.29 is 19.4 Å². The van der Waals surface area contributed by atoms with Crippen LogP contribution in [0.5, 0.6) is 5.88 Å². The maximum atomic E-state index is 12.5. The van der Waals surface area contributed by atoms with E-state index >= 15 is 0 Å². The van der Waals surface area contributed by atoms with Gasteiger partial charge >= 0.3 is 5.97 Å². The molecule has 1 amide bonds. The Morgan fingerprint density at radius 1 is 1.40 bits per heavy atom. The summed E-state index contributed by atoms with van der Waals surface area (Å²) >= 11 is 5.71. The number of amides is 1. The Labute approximate surface area is 188 Å². The predicted molar refractivity (Wildman–Crippen MR) is 126 cm³/mol. The third kappa shape index (κ3) is 9.44. The SMILES string of the molecule is CCCCc1ccc(NCC(N)CS)c(O[C@@H](C)C(=O)N[C@@H](CCSC)C(=O)O)n1. The van der Waals surface area contributed by atoms with Gasteiger partial charge in [0.25, 0.3) is 5.91 Å². The molecule has 1 aromatic heterocycles. The number of aromatic nitrogens is 1. The summed E-state index contributed by atoms with van der Waals surface area (Å²) in [6.45, 7) is 4.16. The lowest BCUT2D eigenvalue weighted by Crippen LogP contribution is -2.46. The Balaban J connectivity index is 2.91. The zero-order valence-electron chi connectivity index (χ0n) is 17.9. The number of nitrogens with zero attached hydrogens (tertiary/aromatic N) is 1. The largest absolute Gasteiger partial charge is 0.480 e. The van der Waals surface area contributed by atoms with Gasteiger partial charge in [-0.3, -0.25) is 4.79 Å². The summed E-state index contributed by atoms with van der Waals surface area (Å²) in [4.78, 5) is 28.5. The molecule has 1 unspecified atom stereocenters.